The Labute approximate surface area is 126 Å². The molecule has 0 aliphatic carbocycles. The summed E-state index contributed by atoms with van der Waals surface area (Å²) in [4.78, 5) is 10.3. The van der Waals surface area contributed by atoms with E-state index in [1.165, 1.54) is 70.6 Å². The van der Waals surface area contributed by atoms with Crippen LogP contribution in [0.25, 0.3) is 0 Å². The third kappa shape index (κ3) is 15.5. The van der Waals surface area contributed by atoms with Crippen molar-refractivity contribution in [3.8, 4) is 0 Å². The summed E-state index contributed by atoms with van der Waals surface area (Å²) in [5, 5.41) is 8.52. The van der Waals surface area contributed by atoms with Gasteiger partial charge in [-0.15, -0.1) is 0 Å². The molecule has 20 heavy (non-hydrogen) atoms. The van der Waals surface area contributed by atoms with Crippen LogP contribution < -0.4 is 0 Å². The smallest absolute Gasteiger partial charge is 0.303 e. The Morgan fingerprint density at radius 2 is 1.20 bits per heavy atom. The van der Waals surface area contributed by atoms with Crippen LogP contribution in [0.2, 0.25) is 0 Å². The first-order chi connectivity index (χ1) is 9.66. The van der Waals surface area contributed by atoms with E-state index in [4.69, 9.17) is 5.11 Å². The van der Waals surface area contributed by atoms with Crippen molar-refractivity contribution >= 4 is 5.97 Å². The van der Waals surface area contributed by atoms with E-state index in [0.29, 0.717) is 6.42 Å². The summed E-state index contributed by atoms with van der Waals surface area (Å²) in [7, 11) is 0. The van der Waals surface area contributed by atoms with E-state index in [9.17, 15) is 4.79 Å². The quantitative estimate of drug-likeness (QED) is 0.364. The maximum atomic E-state index is 10.3. The van der Waals surface area contributed by atoms with Crippen molar-refractivity contribution in [2.75, 3.05) is 0 Å². The first-order valence-electron chi connectivity index (χ1n) is 8.88. The van der Waals surface area contributed by atoms with Crippen molar-refractivity contribution in [3.63, 3.8) is 0 Å². The molecule has 0 heterocycles. The molecule has 0 aliphatic heterocycles. The van der Waals surface area contributed by atoms with Crippen LogP contribution >= 0.6 is 0 Å². The number of carboxylic acid groups (broad SMARTS) is 1. The van der Waals surface area contributed by atoms with Crippen molar-refractivity contribution < 1.29 is 9.90 Å². The molecule has 0 aromatic carbocycles. The van der Waals surface area contributed by atoms with Gasteiger partial charge in [0.05, 0.1) is 0 Å². The van der Waals surface area contributed by atoms with Gasteiger partial charge >= 0.3 is 5.97 Å². The summed E-state index contributed by atoms with van der Waals surface area (Å²) in [6.45, 7) is 4.64. The summed E-state index contributed by atoms with van der Waals surface area (Å²) >= 11 is 0. The van der Waals surface area contributed by atoms with Crippen LogP contribution in [-0.2, 0) is 4.79 Å². The molecule has 0 aromatic rings. The second-order valence-electron chi connectivity index (χ2n) is 6.33. The molecule has 0 aliphatic rings. The molecule has 0 saturated carbocycles. The molecule has 0 spiro atoms. The second-order valence-corrected chi connectivity index (χ2v) is 6.33. The van der Waals surface area contributed by atoms with Gasteiger partial charge in [0.25, 0.3) is 0 Å². The van der Waals surface area contributed by atoms with E-state index < -0.39 is 5.97 Å². The van der Waals surface area contributed by atoms with Crippen LogP contribution in [0.5, 0.6) is 0 Å². The van der Waals surface area contributed by atoms with Crippen molar-refractivity contribution in [1.82, 2.24) is 0 Å². The van der Waals surface area contributed by atoms with Gasteiger partial charge in [0.1, 0.15) is 0 Å². The van der Waals surface area contributed by atoms with Crippen molar-refractivity contribution in [1.29, 1.82) is 0 Å². The van der Waals surface area contributed by atoms with E-state index in [1.807, 2.05) is 0 Å². The molecule has 1 N–H and O–H groups in total. The highest BCUT2D eigenvalue weighted by Crippen LogP contribution is 2.15. The van der Waals surface area contributed by atoms with E-state index in [1.54, 1.807) is 0 Å². The Morgan fingerprint density at radius 1 is 0.800 bits per heavy atom. The van der Waals surface area contributed by atoms with Crippen molar-refractivity contribution in [2.24, 2.45) is 5.92 Å². The Morgan fingerprint density at radius 3 is 1.60 bits per heavy atom. The number of rotatable bonds is 15. The fourth-order valence-electron chi connectivity index (χ4n) is 2.56. The molecule has 0 fully saturated rings. The van der Waals surface area contributed by atoms with Crippen LogP contribution in [0.3, 0.4) is 0 Å². The molecule has 120 valence electrons. The van der Waals surface area contributed by atoms with Gasteiger partial charge in [-0.25, -0.2) is 0 Å². The first kappa shape index (κ1) is 19.5. The van der Waals surface area contributed by atoms with Gasteiger partial charge < -0.3 is 5.11 Å². The SMILES string of the molecule is CC[C@@H](C)CCCCCCCCCCCCCC(=O)O. The van der Waals surface area contributed by atoms with Crippen LogP contribution in [0.1, 0.15) is 104 Å². The molecule has 0 aromatic heterocycles. The van der Waals surface area contributed by atoms with E-state index >= 15 is 0 Å². The van der Waals surface area contributed by atoms with Gasteiger partial charge in [0, 0.05) is 6.42 Å². The lowest BCUT2D eigenvalue weighted by atomic mass is 9.99. The fourth-order valence-corrected chi connectivity index (χ4v) is 2.56. The van der Waals surface area contributed by atoms with E-state index in [-0.39, 0.29) is 0 Å². The molecule has 0 saturated heterocycles. The largest absolute Gasteiger partial charge is 0.481 e. The Bertz CT molecular complexity index is 213. The number of hydrogen-bond donors (Lipinski definition) is 1. The van der Waals surface area contributed by atoms with E-state index in [0.717, 1.165) is 18.8 Å². The lowest BCUT2D eigenvalue weighted by Crippen LogP contribution is -1.93. The first-order valence-corrected chi connectivity index (χ1v) is 8.88. The summed E-state index contributed by atoms with van der Waals surface area (Å²) in [6, 6.07) is 0. The maximum Gasteiger partial charge on any atom is 0.303 e. The molecule has 0 radical (unpaired) electrons. The topological polar surface area (TPSA) is 37.3 Å². The van der Waals surface area contributed by atoms with Crippen molar-refractivity contribution in [3.05, 3.63) is 0 Å². The number of unbranched alkanes of at least 4 members (excludes halogenated alkanes) is 10. The van der Waals surface area contributed by atoms with Gasteiger partial charge in [0.2, 0.25) is 0 Å². The zero-order valence-electron chi connectivity index (χ0n) is 13.8. The van der Waals surface area contributed by atoms with Gasteiger partial charge in [0.15, 0.2) is 0 Å². The van der Waals surface area contributed by atoms with Gasteiger partial charge in [-0.2, -0.15) is 0 Å². The summed E-state index contributed by atoms with van der Waals surface area (Å²) in [6.07, 6.45) is 17.2. The highest BCUT2D eigenvalue weighted by atomic mass is 16.4. The molecule has 0 unspecified atom stereocenters. The zero-order chi connectivity index (χ0) is 15.1. The molecule has 2 heteroatoms. The molecule has 0 bridgehead atoms. The van der Waals surface area contributed by atoms with Crippen molar-refractivity contribution in [2.45, 2.75) is 104 Å². The Kier molecular flexibility index (Phi) is 14.5. The highest BCUT2D eigenvalue weighted by molar-refractivity contribution is 5.66. The third-order valence-corrected chi connectivity index (χ3v) is 4.28. The normalized spacial score (nSPS) is 12.5. The molecule has 2 nitrogen and oxygen atoms in total. The molecule has 0 amide bonds. The van der Waals surface area contributed by atoms with Gasteiger partial charge in [-0.3, -0.25) is 4.79 Å². The Balaban J connectivity index is 3.01. The number of carboxylic acids is 1. The minimum Gasteiger partial charge on any atom is -0.481 e. The minimum absolute atomic E-state index is 0.344. The number of carbonyl (C=O) groups is 1. The van der Waals surface area contributed by atoms with E-state index in [2.05, 4.69) is 13.8 Å². The fraction of sp³-hybridized carbons (Fsp3) is 0.944. The molecular formula is C18H36O2. The summed E-state index contributed by atoms with van der Waals surface area (Å²) in [5.41, 5.74) is 0. The predicted octanol–water partition coefficient (Wildman–Crippen LogP) is 6.19. The number of hydrogen-bond acceptors (Lipinski definition) is 1. The molecular weight excluding hydrogens is 248 g/mol. The predicted molar refractivity (Wildman–Crippen MR) is 87.1 cm³/mol. The van der Waals surface area contributed by atoms with Crippen LogP contribution in [0.15, 0.2) is 0 Å². The lowest BCUT2D eigenvalue weighted by Gasteiger charge is -2.07. The number of aliphatic carboxylic acids is 1. The van der Waals surface area contributed by atoms with Crippen LogP contribution in [0, 0.1) is 5.92 Å². The minimum atomic E-state index is -0.654. The summed E-state index contributed by atoms with van der Waals surface area (Å²) < 4.78 is 0. The molecule has 1 atom stereocenters. The summed E-state index contributed by atoms with van der Waals surface area (Å²) in [5.74, 6) is 0.259. The average molecular weight is 284 g/mol. The van der Waals surface area contributed by atoms with Gasteiger partial charge in [-0.1, -0.05) is 90.9 Å². The second kappa shape index (κ2) is 14.9. The third-order valence-electron chi connectivity index (χ3n) is 4.28. The highest BCUT2D eigenvalue weighted by Gasteiger charge is 1.99. The maximum absolute atomic E-state index is 10.3. The molecule has 0 rings (SSSR count). The lowest BCUT2D eigenvalue weighted by molar-refractivity contribution is -0.137. The Hall–Kier alpha value is -0.530. The zero-order valence-corrected chi connectivity index (χ0v) is 13.8. The van der Waals surface area contributed by atoms with Crippen LogP contribution in [0.4, 0.5) is 0 Å². The standard InChI is InChI=1S/C18H36O2/c1-3-17(2)15-13-11-9-7-5-4-6-8-10-12-14-16-18(19)20/h17H,3-16H2,1-2H3,(H,19,20)/t17-/m1/s1. The average Bonchev–Trinajstić information content (AvgIpc) is 2.43. The van der Waals surface area contributed by atoms with Gasteiger partial charge in [-0.05, 0) is 12.3 Å². The monoisotopic (exact) mass is 284 g/mol. The van der Waals surface area contributed by atoms with Crippen LogP contribution in [-0.4, -0.2) is 11.1 Å².